The summed E-state index contributed by atoms with van der Waals surface area (Å²) in [6.07, 6.45) is 0.250. The van der Waals surface area contributed by atoms with E-state index >= 15 is 0 Å². The molecule has 60 valence electrons. The zero-order valence-corrected chi connectivity index (χ0v) is 7.56. The Balaban J connectivity index is -0.0000000750. The lowest BCUT2D eigenvalue weighted by atomic mass is 11.2. The normalized spacial score (nSPS) is 5.20. The van der Waals surface area contributed by atoms with Crippen LogP contribution in [0.15, 0.2) is 36.1 Å². The molecule has 0 aliphatic carbocycles. The molecular formula is C6H8Cl3F. The van der Waals surface area contributed by atoms with Gasteiger partial charge in [-0.05, 0) is 5.54 Å². The fraction of sp³-hybridized carbons (Fsp3) is 0. The summed E-state index contributed by atoms with van der Waals surface area (Å²) in [5.74, 6) is 0. The first kappa shape index (κ1) is 16.5. The minimum Gasteiger partial charge on any atom is -0.216 e. The maximum Gasteiger partial charge on any atom is 0.0992 e. The van der Waals surface area contributed by atoms with Crippen molar-refractivity contribution < 1.29 is 4.39 Å². The minimum absolute atomic E-state index is 0.111. The largest absolute Gasteiger partial charge is 0.216 e. The lowest BCUT2D eigenvalue weighted by Gasteiger charge is -1.57. The van der Waals surface area contributed by atoms with E-state index < -0.39 is 0 Å². The van der Waals surface area contributed by atoms with E-state index in [2.05, 4.69) is 19.7 Å². The van der Waals surface area contributed by atoms with Gasteiger partial charge < -0.3 is 0 Å². The van der Waals surface area contributed by atoms with Gasteiger partial charge in [0.1, 0.15) is 0 Å². The lowest BCUT2D eigenvalue weighted by molar-refractivity contribution is 0.725. The van der Waals surface area contributed by atoms with Gasteiger partial charge in [0.2, 0.25) is 0 Å². The zero-order valence-electron chi connectivity index (χ0n) is 5.29. The average Bonchev–Trinajstić information content (AvgIpc) is 1.65. The molecule has 0 fully saturated rings. The third kappa shape index (κ3) is 988000. The summed E-state index contributed by atoms with van der Waals surface area (Å²) in [6.45, 7) is 8.91. The van der Waals surface area contributed by atoms with Gasteiger partial charge in [0, 0.05) is 0 Å². The van der Waals surface area contributed by atoms with Crippen LogP contribution in [-0.4, -0.2) is 0 Å². The number of hydrogen-bond acceptors (Lipinski definition) is 0. The van der Waals surface area contributed by atoms with Crippen molar-refractivity contribution in [3.05, 3.63) is 36.1 Å². The standard InChI is InChI=1S/C2H2Cl2.C2H3Cl.C2H3F/c1-2(3)4;2*1-2-3/h1H2;2*2H,1H2. The zero-order chi connectivity index (χ0) is 8.99. The second kappa shape index (κ2) is 23.0. The molecule has 0 atom stereocenters. The van der Waals surface area contributed by atoms with Crippen LogP contribution in [0.25, 0.3) is 0 Å². The highest BCUT2D eigenvalue weighted by Gasteiger charge is 1.60. The molecule has 0 bridgehead atoms. The van der Waals surface area contributed by atoms with Crippen LogP contribution in [0.1, 0.15) is 0 Å². The Hall–Kier alpha value is 0.0200. The summed E-state index contributed by atoms with van der Waals surface area (Å²) in [6, 6.07) is 0. The fourth-order valence-electron chi connectivity index (χ4n) is 0. The van der Waals surface area contributed by atoms with Crippen LogP contribution in [0.4, 0.5) is 4.39 Å². The molecule has 0 heterocycles. The number of rotatable bonds is 0. The van der Waals surface area contributed by atoms with Crippen LogP contribution in [0.3, 0.4) is 0 Å². The number of hydrogen-bond donors (Lipinski definition) is 0. The molecule has 0 N–H and O–H groups in total. The molecule has 10 heavy (non-hydrogen) atoms. The van der Waals surface area contributed by atoms with E-state index in [1.54, 1.807) is 0 Å². The van der Waals surface area contributed by atoms with E-state index in [4.69, 9.17) is 34.8 Å². The summed E-state index contributed by atoms with van der Waals surface area (Å²) in [4.78, 5) is 0. The van der Waals surface area contributed by atoms with Crippen LogP contribution in [-0.2, 0) is 0 Å². The summed E-state index contributed by atoms with van der Waals surface area (Å²) in [5, 5.41) is 0. The monoisotopic (exact) mass is 204 g/mol. The molecule has 0 amide bonds. The molecule has 0 aromatic rings. The van der Waals surface area contributed by atoms with Crippen LogP contribution in [0, 0.1) is 0 Å². The summed E-state index contributed by atoms with van der Waals surface area (Å²) < 4.78 is 10.2. The number of halogens is 4. The molecule has 0 unspecified atom stereocenters. The van der Waals surface area contributed by atoms with Crippen molar-refractivity contribution in [3.8, 4) is 0 Å². The SMILES string of the molecule is C=C(Cl)Cl.C=CCl.C=CF. The van der Waals surface area contributed by atoms with Crippen molar-refractivity contribution in [2.24, 2.45) is 0 Å². The first-order chi connectivity index (χ1) is 4.56. The maximum absolute atomic E-state index is 10.1. The Labute approximate surface area is 75.6 Å². The van der Waals surface area contributed by atoms with Crippen LogP contribution < -0.4 is 0 Å². The molecule has 0 spiro atoms. The molecular weight excluding hydrogens is 197 g/mol. The smallest absolute Gasteiger partial charge is 0.0992 e. The summed E-state index contributed by atoms with van der Waals surface area (Å²) in [7, 11) is 0. The third-order valence-electron chi connectivity index (χ3n) is 0. The van der Waals surface area contributed by atoms with Gasteiger partial charge in [-0.1, -0.05) is 54.5 Å². The van der Waals surface area contributed by atoms with Gasteiger partial charge in [-0.2, -0.15) is 0 Å². The Morgan fingerprint density at radius 3 is 1.30 bits per heavy atom. The van der Waals surface area contributed by atoms with Crippen LogP contribution >= 0.6 is 34.8 Å². The second-order valence-corrected chi connectivity index (χ2v) is 2.06. The van der Waals surface area contributed by atoms with Crippen molar-refractivity contribution >= 4 is 34.8 Å². The van der Waals surface area contributed by atoms with E-state index in [9.17, 15) is 4.39 Å². The Kier molecular flexibility index (Phi) is 38.1. The Morgan fingerprint density at radius 2 is 1.30 bits per heavy atom. The van der Waals surface area contributed by atoms with Gasteiger partial charge >= 0.3 is 0 Å². The average molecular weight is 205 g/mol. The van der Waals surface area contributed by atoms with Crippen molar-refractivity contribution in [2.75, 3.05) is 0 Å². The van der Waals surface area contributed by atoms with E-state index in [0.717, 1.165) is 0 Å². The van der Waals surface area contributed by atoms with E-state index in [1.165, 1.54) is 5.54 Å². The van der Waals surface area contributed by atoms with Gasteiger partial charge in [0.05, 0.1) is 10.8 Å². The Bertz CT molecular complexity index is 81.0. The molecule has 0 radical (unpaired) electrons. The minimum atomic E-state index is 0.111. The molecule has 4 heteroatoms. The van der Waals surface area contributed by atoms with Crippen molar-refractivity contribution in [2.45, 2.75) is 0 Å². The first-order valence-electron chi connectivity index (χ1n) is 1.98. The van der Waals surface area contributed by atoms with Crippen molar-refractivity contribution in [1.29, 1.82) is 0 Å². The molecule has 0 nitrogen and oxygen atoms in total. The highest BCUT2D eigenvalue weighted by molar-refractivity contribution is 6.55. The molecule has 0 aromatic carbocycles. The summed E-state index contributed by atoms with van der Waals surface area (Å²) >= 11 is 14.5. The maximum atomic E-state index is 10.1. The molecule has 0 aromatic heterocycles. The van der Waals surface area contributed by atoms with Gasteiger partial charge in [-0.25, -0.2) is 4.39 Å². The molecule has 0 saturated carbocycles. The second-order valence-electron chi connectivity index (χ2n) is 0.647. The van der Waals surface area contributed by atoms with Gasteiger partial charge in [0.15, 0.2) is 0 Å². The molecule has 0 saturated heterocycles. The fourth-order valence-corrected chi connectivity index (χ4v) is 0. The molecule has 0 aliphatic rings. The van der Waals surface area contributed by atoms with Crippen LogP contribution in [0.2, 0.25) is 0 Å². The quantitative estimate of drug-likeness (QED) is 0.550. The summed E-state index contributed by atoms with van der Waals surface area (Å²) in [5.41, 5.74) is 1.22. The van der Waals surface area contributed by atoms with E-state index in [0.29, 0.717) is 0 Å². The predicted molar refractivity (Wildman–Crippen MR) is 48.2 cm³/mol. The van der Waals surface area contributed by atoms with Gasteiger partial charge in [-0.3, -0.25) is 0 Å². The topological polar surface area (TPSA) is 0 Å². The third-order valence-corrected chi connectivity index (χ3v) is 0. The molecule has 0 rings (SSSR count). The van der Waals surface area contributed by atoms with Crippen molar-refractivity contribution in [3.63, 3.8) is 0 Å². The molecule has 0 aliphatic heterocycles. The van der Waals surface area contributed by atoms with Crippen molar-refractivity contribution in [1.82, 2.24) is 0 Å². The highest BCUT2D eigenvalue weighted by atomic mass is 35.5. The first-order valence-corrected chi connectivity index (χ1v) is 3.18. The van der Waals surface area contributed by atoms with E-state index in [-0.39, 0.29) is 10.8 Å². The van der Waals surface area contributed by atoms with Crippen LogP contribution in [0.5, 0.6) is 0 Å². The van der Waals surface area contributed by atoms with Gasteiger partial charge in [0.25, 0.3) is 0 Å². The Morgan fingerprint density at radius 1 is 1.30 bits per heavy atom. The highest BCUT2D eigenvalue weighted by Crippen LogP contribution is 1.98. The predicted octanol–water partition coefficient (Wildman–Crippen LogP) is 4.40. The van der Waals surface area contributed by atoms with Gasteiger partial charge in [-0.15, -0.1) is 0 Å². The van der Waals surface area contributed by atoms with E-state index in [1.807, 2.05) is 0 Å². The lowest BCUT2D eigenvalue weighted by Crippen LogP contribution is -1.24.